The molecule has 59 heavy (non-hydrogen) atoms. The molecule has 4 amide bonds. The van der Waals surface area contributed by atoms with Gasteiger partial charge in [0.25, 0.3) is 0 Å². The lowest BCUT2D eigenvalue weighted by Crippen LogP contribution is -2.59. The van der Waals surface area contributed by atoms with Crippen molar-refractivity contribution in [3.63, 3.8) is 0 Å². The van der Waals surface area contributed by atoms with Gasteiger partial charge >= 0.3 is 6.09 Å². The molecule has 1 aliphatic heterocycles. The van der Waals surface area contributed by atoms with Gasteiger partial charge < -0.3 is 34.6 Å². The molecular weight excluding hydrogens is 755 g/mol. The largest absolute Gasteiger partial charge is 0.438 e. The Morgan fingerprint density at radius 1 is 0.898 bits per heavy atom. The van der Waals surface area contributed by atoms with E-state index in [0.717, 1.165) is 12.8 Å². The highest BCUT2D eigenvalue weighted by atomic mass is 16.6. The first-order valence-electron chi connectivity index (χ1n) is 21.0. The second kappa shape index (κ2) is 22.9. The van der Waals surface area contributed by atoms with Gasteiger partial charge in [-0.15, -0.1) is 0 Å². The highest BCUT2D eigenvalue weighted by Gasteiger charge is 2.43. The monoisotopic (exact) mass is 826 g/mol. The van der Waals surface area contributed by atoms with Crippen molar-refractivity contribution in [2.24, 2.45) is 23.7 Å². The second-order valence-electron chi connectivity index (χ2n) is 17.0. The quantitative estimate of drug-likeness (QED) is 0.179. The van der Waals surface area contributed by atoms with Crippen LogP contribution in [0.5, 0.6) is 0 Å². The molecule has 1 aliphatic rings. The lowest BCUT2D eigenvalue weighted by Gasteiger charge is -2.41. The number of likely N-dealkylation sites (tertiary alicyclic amines) is 1. The fraction of sp³-hybridized carbons (Fsp3) is 0.682. The third-order valence-corrected chi connectivity index (χ3v) is 11.8. The summed E-state index contributed by atoms with van der Waals surface area (Å²) in [5, 5.41) is 6.08. The van der Waals surface area contributed by atoms with E-state index in [1.165, 1.54) is 23.3 Å². The van der Waals surface area contributed by atoms with E-state index >= 15 is 0 Å². The van der Waals surface area contributed by atoms with Gasteiger partial charge in [0.15, 0.2) is 0 Å². The Bertz CT molecular complexity index is 1630. The summed E-state index contributed by atoms with van der Waals surface area (Å²) in [7, 11) is 8.53. The number of hydrogen-bond donors (Lipinski definition) is 2. The topological polar surface area (TPSA) is 165 Å². The van der Waals surface area contributed by atoms with Crippen LogP contribution in [0.4, 0.5) is 4.79 Å². The van der Waals surface area contributed by atoms with Gasteiger partial charge in [0.05, 0.1) is 48.7 Å². The first kappa shape index (κ1) is 49.0. The SMILES string of the molecule is CC[C@H](C)[C@@H]([C@@H](CC(=O)N1CCC[C@H]1[C@H](OC)[C@@H](C)C(=O)N[C@H](C)[C@@H](OC(=O)n1ccnc1)c1ccccc1)OC)N(C)C(=O)[C@@H](NC(=O)[C@H](C(C)C)N(C)C)C(C)C. The molecule has 2 N–H and O–H groups in total. The van der Waals surface area contributed by atoms with Crippen LogP contribution in [0.25, 0.3) is 0 Å². The molecule has 1 fully saturated rings. The summed E-state index contributed by atoms with van der Waals surface area (Å²) in [5.74, 6) is -1.80. The minimum atomic E-state index is -0.802. The summed E-state index contributed by atoms with van der Waals surface area (Å²) in [6, 6.07) is 6.53. The highest BCUT2D eigenvalue weighted by Crippen LogP contribution is 2.30. The molecule has 15 heteroatoms. The van der Waals surface area contributed by atoms with E-state index in [4.69, 9.17) is 14.2 Å². The van der Waals surface area contributed by atoms with Gasteiger partial charge in [-0.2, -0.15) is 0 Å². The lowest BCUT2D eigenvalue weighted by atomic mass is 9.89. The number of amides is 4. The van der Waals surface area contributed by atoms with E-state index in [1.807, 2.05) is 90.9 Å². The summed E-state index contributed by atoms with van der Waals surface area (Å²) in [6.45, 7) is 15.9. The maximum Gasteiger partial charge on any atom is 0.419 e. The molecule has 2 aromatic rings. The predicted molar refractivity (Wildman–Crippen MR) is 226 cm³/mol. The molecular formula is C44H71N7O8. The summed E-state index contributed by atoms with van der Waals surface area (Å²) < 4.78 is 19.2. The molecule has 1 aromatic carbocycles. The Hall–Kier alpha value is -4.34. The fourth-order valence-corrected chi connectivity index (χ4v) is 8.48. The number of benzene rings is 1. The predicted octanol–water partition coefficient (Wildman–Crippen LogP) is 4.76. The molecule has 15 nitrogen and oxygen atoms in total. The number of ether oxygens (including phenoxy) is 3. The van der Waals surface area contributed by atoms with Gasteiger partial charge in [-0.25, -0.2) is 14.3 Å². The van der Waals surface area contributed by atoms with E-state index in [1.54, 1.807) is 44.9 Å². The molecule has 0 bridgehead atoms. The third-order valence-electron chi connectivity index (χ3n) is 11.8. The van der Waals surface area contributed by atoms with E-state index in [-0.39, 0.29) is 47.8 Å². The molecule has 0 aliphatic carbocycles. The molecule has 1 aromatic heterocycles. The minimum absolute atomic E-state index is 0.00344. The Labute approximate surface area is 351 Å². The third kappa shape index (κ3) is 12.6. The molecule has 330 valence electrons. The fourth-order valence-electron chi connectivity index (χ4n) is 8.48. The maximum absolute atomic E-state index is 14.3. The van der Waals surface area contributed by atoms with Crippen molar-refractivity contribution in [2.75, 3.05) is 41.9 Å². The Morgan fingerprint density at radius 2 is 1.56 bits per heavy atom. The van der Waals surface area contributed by atoms with Crippen molar-refractivity contribution in [1.29, 1.82) is 0 Å². The van der Waals surface area contributed by atoms with Crippen molar-refractivity contribution in [3.05, 3.63) is 54.6 Å². The first-order chi connectivity index (χ1) is 27.9. The zero-order valence-corrected chi connectivity index (χ0v) is 37.6. The molecule has 0 radical (unpaired) electrons. The van der Waals surface area contributed by atoms with Crippen LogP contribution in [0.15, 0.2) is 49.1 Å². The van der Waals surface area contributed by atoms with Crippen LogP contribution in [-0.4, -0.2) is 138 Å². The highest BCUT2D eigenvalue weighted by molar-refractivity contribution is 5.90. The molecule has 3 rings (SSSR count). The van der Waals surface area contributed by atoms with Gasteiger partial charge in [-0.05, 0) is 57.2 Å². The average Bonchev–Trinajstić information content (AvgIpc) is 3.92. The van der Waals surface area contributed by atoms with Crippen molar-refractivity contribution in [3.8, 4) is 0 Å². The Balaban J connectivity index is 1.79. The van der Waals surface area contributed by atoms with E-state index in [2.05, 4.69) is 15.6 Å². The molecule has 2 heterocycles. The van der Waals surface area contributed by atoms with E-state index in [0.29, 0.717) is 18.5 Å². The van der Waals surface area contributed by atoms with Crippen molar-refractivity contribution in [2.45, 2.75) is 130 Å². The molecule has 0 saturated carbocycles. The summed E-state index contributed by atoms with van der Waals surface area (Å²) in [5.41, 5.74) is 0.710. The van der Waals surface area contributed by atoms with Crippen LogP contribution in [0.2, 0.25) is 0 Å². The number of hydrogen-bond acceptors (Lipinski definition) is 10. The van der Waals surface area contributed by atoms with Gasteiger partial charge in [0.2, 0.25) is 23.6 Å². The van der Waals surface area contributed by atoms with E-state index < -0.39 is 60.5 Å². The van der Waals surface area contributed by atoms with Crippen molar-refractivity contribution >= 4 is 29.7 Å². The standard InChI is InChI=1S/C44H71N7O8/c1-14-29(6)38(49(11)43(55)36(27(2)3)47-42(54)37(28(4)5)48(9)10)34(57-12)25-35(52)51-23-18-21-33(51)39(58-13)30(7)41(53)46-31(8)40(32-19-16-15-17-20-32)59-44(56)50-24-22-45-26-50/h15-17,19-20,22,24,26-31,33-34,36-40H,14,18,21,23,25H2,1-13H3,(H,46,53)(H,47,54)/t29-,30+,31+,33-,34+,36-,37-,38-,39+,40+/m0/s1. The lowest BCUT2D eigenvalue weighted by molar-refractivity contribution is -0.148. The molecule has 10 atom stereocenters. The van der Waals surface area contributed by atoms with Crippen LogP contribution in [0, 0.1) is 23.7 Å². The minimum Gasteiger partial charge on any atom is -0.438 e. The number of nitrogens with zero attached hydrogens (tertiary/aromatic N) is 5. The zero-order valence-electron chi connectivity index (χ0n) is 37.6. The van der Waals surface area contributed by atoms with Gasteiger partial charge in [-0.1, -0.05) is 85.2 Å². The van der Waals surface area contributed by atoms with Crippen molar-refractivity contribution < 1.29 is 38.2 Å². The number of aromatic nitrogens is 2. The molecule has 0 spiro atoms. The van der Waals surface area contributed by atoms with Crippen LogP contribution >= 0.6 is 0 Å². The average molecular weight is 826 g/mol. The Morgan fingerprint density at radius 3 is 2.08 bits per heavy atom. The summed E-state index contributed by atoms with van der Waals surface area (Å²) in [4.78, 5) is 78.2. The van der Waals surface area contributed by atoms with Gasteiger partial charge in [0.1, 0.15) is 18.5 Å². The zero-order chi connectivity index (χ0) is 44.1. The van der Waals surface area contributed by atoms with Gasteiger partial charge in [-0.3, -0.25) is 24.1 Å². The first-order valence-corrected chi connectivity index (χ1v) is 21.0. The van der Waals surface area contributed by atoms with E-state index in [9.17, 15) is 24.0 Å². The van der Waals surface area contributed by atoms with Crippen molar-refractivity contribution in [1.82, 2.24) is 34.9 Å². The number of nitrogens with one attached hydrogen (secondary N) is 2. The number of imidazole rings is 1. The second-order valence-corrected chi connectivity index (χ2v) is 17.0. The maximum atomic E-state index is 14.3. The normalized spacial score (nSPS) is 19.0. The summed E-state index contributed by atoms with van der Waals surface area (Å²) >= 11 is 0. The summed E-state index contributed by atoms with van der Waals surface area (Å²) in [6.07, 6.45) is 3.69. The smallest absolute Gasteiger partial charge is 0.419 e. The number of likely N-dealkylation sites (N-methyl/N-ethyl adjacent to an activating group) is 2. The number of methoxy groups -OCH3 is 2. The number of carbonyl (C=O) groups is 5. The van der Waals surface area contributed by atoms with Crippen LogP contribution in [0.1, 0.15) is 92.7 Å². The van der Waals surface area contributed by atoms with Crippen LogP contribution < -0.4 is 10.6 Å². The van der Waals surface area contributed by atoms with Gasteiger partial charge in [0, 0.05) is 40.2 Å². The number of carbonyl (C=O) groups excluding carboxylic acids is 5. The Kier molecular flexibility index (Phi) is 19.0. The van der Waals surface area contributed by atoms with Crippen LogP contribution in [-0.2, 0) is 33.4 Å². The molecule has 0 unspecified atom stereocenters. The molecule has 1 saturated heterocycles. The number of rotatable bonds is 21. The van der Waals surface area contributed by atoms with Crippen LogP contribution in [0.3, 0.4) is 0 Å².